The molecule has 0 spiro atoms. The van der Waals surface area contributed by atoms with E-state index < -0.39 is 0 Å². The highest BCUT2D eigenvalue weighted by atomic mass is 16.1. The van der Waals surface area contributed by atoms with Crippen molar-refractivity contribution in [2.24, 2.45) is 0 Å². The topological polar surface area (TPSA) is 37.4 Å². The lowest BCUT2D eigenvalue weighted by molar-refractivity contribution is -0.122. The fourth-order valence-corrected chi connectivity index (χ4v) is 1.58. The van der Waals surface area contributed by atoms with Crippen LogP contribution >= 0.6 is 0 Å². The predicted octanol–water partition coefficient (Wildman–Crippen LogP) is 1.02. The molecule has 0 unspecified atom stereocenters. The Kier molecular flexibility index (Phi) is 4.09. The van der Waals surface area contributed by atoms with Gasteiger partial charge in [0.25, 0.3) is 0 Å². The lowest BCUT2D eigenvalue weighted by Crippen LogP contribution is -2.34. The lowest BCUT2D eigenvalue weighted by atomic mass is 10.1. The fraction of sp³-hybridized carbons (Fsp3) is 0.800. The van der Waals surface area contributed by atoms with Gasteiger partial charge in [-0.05, 0) is 19.9 Å². The smallest absolute Gasteiger partial charge is 0.135 e. The third-order valence-electron chi connectivity index (χ3n) is 2.42. The van der Waals surface area contributed by atoms with Crippen molar-refractivity contribution in [1.29, 1.82) is 0 Å². The summed E-state index contributed by atoms with van der Waals surface area (Å²) in [5.41, 5.74) is 0. The van der Waals surface area contributed by atoms with Gasteiger partial charge in [-0.25, -0.2) is 0 Å². The summed E-state index contributed by atoms with van der Waals surface area (Å²) in [4.78, 5) is 23.8. The summed E-state index contributed by atoms with van der Waals surface area (Å²) in [6.45, 7) is 4.36. The van der Waals surface area contributed by atoms with E-state index in [1.54, 1.807) is 6.92 Å². The van der Waals surface area contributed by atoms with Crippen LogP contribution in [0.15, 0.2) is 0 Å². The lowest BCUT2D eigenvalue weighted by Gasteiger charge is -2.25. The summed E-state index contributed by atoms with van der Waals surface area (Å²) >= 11 is 0. The van der Waals surface area contributed by atoms with Crippen LogP contribution < -0.4 is 0 Å². The van der Waals surface area contributed by atoms with Crippen LogP contribution in [0.25, 0.3) is 0 Å². The van der Waals surface area contributed by atoms with Gasteiger partial charge >= 0.3 is 0 Å². The van der Waals surface area contributed by atoms with Gasteiger partial charge in [-0.2, -0.15) is 0 Å². The molecule has 1 rings (SSSR count). The highest BCUT2D eigenvalue weighted by Crippen LogP contribution is 2.06. The van der Waals surface area contributed by atoms with Crippen molar-refractivity contribution in [2.45, 2.75) is 32.6 Å². The van der Waals surface area contributed by atoms with Crippen molar-refractivity contribution in [3.63, 3.8) is 0 Å². The second kappa shape index (κ2) is 5.12. The number of nitrogens with zero attached hydrogens (tertiary/aromatic N) is 1. The third kappa shape index (κ3) is 4.18. The van der Waals surface area contributed by atoms with Gasteiger partial charge in [-0.15, -0.1) is 0 Å². The van der Waals surface area contributed by atoms with Gasteiger partial charge in [0.1, 0.15) is 11.6 Å². The quantitative estimate of drug-likeness (QED) is 0.653. The molecule has 0 radical (unpaired) electrons. The molecule has 0 atom stereocenters. The molecule has 13 heavy (non-hydrogen) atoms. The average molecular weight is 183 g/mol. The van der Waals surface area contributed by atoms with Gasteiger partial charge in [0.2, 0.25) is 0 Å². The Labute approximate surface area is 79.1 Å². The molecule has 1 saturated heterocycles. The van der Waals surface area contributed by atoms with E-state index in [1.807, 2.05) is 0 Å². The Balaban J connectivity index is 2.09. The maximum absolute atomic E-state index is 10.9. The van der Waals surface area contributed by atoms with Crippen molar-refractivity contribution in [2.75, 3.05) is 19.6 Å². The molecule has 0 saturated carbocycles. The van der Waals surface area contributed by atoms with E-state index in [0.29, 0.717) is 25.0 Å². The maximum atomic E-state index is 10.9. The van der Waals surface area contributed by atoms with Crippen LogP contribution in [-0.2, 0) is 9.59 Å². The maximum Gasteiger partial charge on any atom is 0.135 e. The average Bonchev–Trinajstić information content (AvgIpc) is 2.08. The summed E-state index contributed by atoms with van der Waals surface area (Å²) in [6.07, 6.45) is 2.99. The minimum Gasteiger partial charge on any atom is -0.302 e. The molecule has 0 amide bonds. The molecule has 1 aliphatic heterocycles. The van der Waals surface area contributed by atoms with E-state index >= 15 is 0 Å². The number of ketones is 2. The molecule has 0 aromatic rings. The summed E-state index contributed by atoms with van der Waals surface area (Å²) in [6, 6.07) is 0. The van der Waals surface area contributed by atoms with E-state index in [-0.39, 0.29) is 5.78 Å². The second-order valence-corrected chi connectivity index (χ2v) is 3.69. The normalized spacial score (nSPS) is 19.0. The van der Waals surface area contributed by atoms with Gasteiger partial charge < -0.3 is 9.69 Å². The molecule has 1 fully saturated rings. The number of hydrogen-bond donors (Lipinski definition) is 0. The first kappa shape index (κ1) is 10.4. The highest BCUT2D eigenvalue weighted by Gasteiger charge is 2.15. The van der Waals surface area contributed by atoms with Gasteiger partial charge in [0.15, 0.2) is 0 Å². The third-order valence-corrected chi connectivity index (χ3v) is 2.42. The largest absolute Gasteiger partial charge is 0.302 e. The molecule has 0 N–H and O–H groups in total. The van der Waals surface area contributed by atoms with Crippen LogP contribution in [0, 0.1) is 0 Å². The summed E-state index contributed by atoms with van der Waals surface area (Å²) < 4.78 is 0. The minimum absolute atomic E-state index is 0.257. The molecule has 3 heteroatoms. The first-order valence-corrected chi connectivity index (χ1v) is 4.92. The van der Waals surface area contributed by atoms with Crippen molar-refractivity contribution < 1.29 is 9.59 Å². The van der Waals surface area contributed by atoms with Gasteiger partial charge in [0, 0.05) is 32.4 Å². The summed E-state index contributed by atoms with van der Waals surface area (Å²) in [5.74, 6) is 0.635. The molecule has 1 aliphatic rings. The van der Waals surface area contributed by atoms with E-state index in [9.17, 15) is 9.59 Å². The SMILES string of the molecule is CC(=O)CCCN1CCC(=O)CC1. The number of carbonyl (C=O) groups is 2. The molecule has 74 valence electrons. The minimum atomic E-state index is 0.257. The van der Waals surface area contributed by atoms with E-state index in [1.165, 1.54) is 0 Å². The number of rotatable bonds is 4. The van der Waals surface area contributed by atoms with Crippen molar-refractivity contribution in [1.82, 2.24) is 4.90 Å². The van der Waals surface area contributed by atoms with Crippen LogP contribution in [0.1, 0.15) is 32.6 Å². The molecule has 0 aromatic carbocycles. The van der Waals surface area contributed by atoms with Crippen LogP contribution in [0.5, 0.6) is 0 Å². The Bertz CT molecular complexity index is 191. The molecule has 0 aromatic heterocycles. The number of carbonyl (C=O) groups excluding carboxylic acids is 2. The zero-order valence-electron chi connectivity index (χ0n) is 8.21. The standard InChI is InChI=1S/C10H17NO2/c1-9(12)3-2-6-11-7-4-10(13)5-8-11/h2-8H2,1H3. The van der Waals surface area contributed by atoms with Crippen LogP contribution in [-0.4, -0.2) is 36.1 Å². The summed E-state index contributed by atoms with van der Waals surface area (Å²) in [7, 11) is 0. The zero-order valence-corrected chi connectivity index (χ0v) is 8.21. The molecule has 1 heterocycles. The Morgan fingerprint density at radius 3 is 2.54 bits per heavy atom. The second-order valence-electron chi connectivity index (χ2n) is 3.69. The monoisotopic (exact) mass is 183 g/mol. The van der Waals surface area contributed by atoms with Crippen molar-refractivity contribution in [3.05, 3.63) is 0 Å². The van der Waals surface area contributed by atoms with Gasteiger partial charge in [-0.3, -0.25) is 4.79 Å². The molecule has 3 nitrogen and oxygen atoms in total. The van der Waals surface area contributed by atoms with E-state index in [0.717, 1.165) is 26.1 Å². The number of Topliss-reactive ketones (excluding diaryl/α,β-unsaturated/α-hetero) is 2. The zero-order chi connectivity index (χ0) is 9.68. The molecule has 0 aliphatic carbocycles. The van der Waals surface area contributed by atoms with Crippen molar-refractivity contribution in [3.8, 4) is 0 Å². The number of likely N-dealkylation sites (tertiary alicyclic amines) is 1. The first-order valence-electron chi connectivity index (χ1n) is 4.92. The Morgan fingerprint density at radius 2 is 2.00 bits per heavy atom. The Morgan fingerprint density at radius 1 is 1.38 bits per heavy atom. The highest BCUT2D eigenvalue weighted by molar-refractivity contribution is 5.79. The molecular formula is C10H17NO2. The molecular weight excluding hydrogens is 166 g/mol. The van der Waals surface area contributed by atoms with Crippen LogP contribution in [0.4, 0.5) is 0 Å². The van der Waals surface area contributed by atoms with E-state index in [4.69, 9.17) is 0 Å². The summed E-state index contributed by atoms with van der Waals surface area (Å²) in [5, 5.41) is 0. The van der Waals surface area contributed by atoms with Gasteiger partial charge in [-0.1, -0.05) is 0 Å². The van der Waals surface area contributed by atoms with E-state index in [2.05, 4.69) is 4.90 Å². The van der Waals surface area contributed by atoms with Crippen LogP contribution in [0.2, 0.25) is 0 Å². The molecule has 0 bridgehead atoms. The number of hydrogen-bond acceptors (Lipinski definition) is 3. The van der Waals surface area contributed by atoms with Crippen molar-refractivity contribution >= 4 is 11.6 Å². The Hall–Kier alpha value is -0.700. The predicted molar refractivity (Wildman–Crippen MR) is 50.6 cm³/mol. The number of piperidine rings is 1. The fourth-order valence-electron chi connectivity index (χ4n) is 1.58. The van der Waals surface area contributed by atoms with Crippen LogP contribution in [0.3, 0.4) is 0 Å². The first-order chi connectivity index (χ1) is 6.18. The van der Waals surface area contributed by atoms with Gasteiger partial charge in [0.05, 0.1) is 0 Å².